The number of nitrogens with one attached hydrogen (secondary N) is 1. The molecule has 1 amide bonds. The molecule has 0 unspecified atom stereocenters. The fourth-order valence-corrected chi connectivity index (χ4v) is 2.64. The van der Waals surface area contributed by atoms with Crippen molar-refractivity contribution >= 4 is 45.8 Å². The third-order valence-corrected chi connectivity index (χ3v) is 3.92. The van der Waals surface area contributed by atoms with E-state index in [1.807, 2.05) is 24.3 Å². The highest BCUT2D eigenvalue weighted by molar-refractivity contribution is 14.1. The van der Waals surface area contributed by atoms with Crippen LogP contribution in [0, 0.1) is 3.57 Å². The number of carbonyl (C=O) groups excluding carboxylic acids is 1. The van der Waals surface area contributed by atoms with Crippen molar-refractivity contribution in [2.45, 2.75) is 19.8 Å². The molecule has 0 radical (unpaired) electrons. The van der Waals surface area contributed by atoms with Crippen LogP contribution in [0.4, 0.5) is 5.69 Å². The van der Waals surface area contributed by atoms with E-state index >= 15 is 0 Å². The molecule has 0 fully saturated rings. The number of amides is 1. The second kappa shape index (κ2) is 7.09. The predicted molar refractivity (Wildman–Crippen MR) is 92.3 cm³/mol. The van der Waals surface area contributed by atoms with Crippen molar-refractivity contribution in [3.05, 3.63) is 62.2 Å². The van der Waals surface area contributed by atoms with Gasteiger partial charge in [-0.25, -0.2) is 0 Å². The molecular weight excluding hydrogens is 385 g/mol. The van der Waals surface area contributed by atoms with Gasteiger partial charge in [0.2, 0.25) is 5.91 Å². The van der Waals surface area contributed by atoms with E-state index in [1.54, 1.807) is 12.1 Å². The van der Waals surface area contributed by atoms with Crippen LogP contribution in [0.2, 0.25) is 5.02 Å². The Hall–Kier alpha value is -1.07. The first-order valence-electron chi connectivity index (χ1n) is 6.41. The Balaban J connectivity index is 2.06. The summed E-state index contributed by atoms with van der Waals surface area (Å²) in [6.07, 6.45) is 1.25. The van der Waals surface area contributed by atoms with E-state index < -0.39 is 0 Å². The Morgan fingerprint density at radius 1 is 1.20 bits per heavy atom. The molecule has 0 atom stereocenters. The number of anilines is 1. The summed E-state index contributed by atoms with van der Waals surface area (Å²) in [6, 6.07) is 13.4. The van der Waals surface area contributed by atoms with Gasteiger partial charge in [-0.05, 0) is 70.5 Å². The third-order valence-electron chi connectivity index (χ3n) is 3.00. The summed E-state index contributed by atoms with van der Waals surface area (Å²) in [5.74, 6) is -0.0109. The molecular formula is C16H15ClINO. The van der Waals surface area contributed by atoms with Gasteiger partial charge in [0.15, 0.2) is 0 Å². The van der Waals surface area contributed by atoms with Crippen LogP contribution in [0.3, 0.4) is 0 Å². The minimum absolute atomic E-state index is 0.0109. The summed E-state index contributed by atoms with van der Waals surface area (Å²) in [5, 5.41) is 3.66. The summed E-state index contributed by atoms with van der Waals surface area (Å²) in [5.41, 5.74) is 3.00. The van der Waals surface area contributed by atoms with Crippen molar-refractivity contribution in [3.63, 3.8) is 0 Å². The van der Waals surface area contributed by atoms with Gasteiger partial charge in [-0.2, -0.15) is 0 Å². The number of hydrogen-bond donors (Lipinski definition) is 1. The van der Waals surface area contributed by atoms with Crippen molar-refractivity contribution in [3.8, 4) is 0 Å². The van der Waals surface area contributed by atoms with Crippen LogP contribution in [-0.4, -0.2) is 5.91 Å². The topological polar surface area (TPSA) is 29.1 Å². The predicted octanol–water partition coefficient (Wildman–Crippen LogP) is 4.69. The lowest BCUT2D eigenvalue weighted by molar-refractivity contribution is -0.115. The van der Waals surface area contributed by atoms with Gasteiger partial charge in [-0.3, -0.25) is 4.79 Å². The zero-order chi connectivity index (χ0) is 14.5. The lowest BCUT2D eigenvalue weighted by Crippen LogP contribution is -2.15. The molecule has 20 heavy (non-hydrogen) atoms. The number of aryl methyl sites for hydroxylation is 1. The normalized spacial score (nSPS) is 10.3. The molecule has 0 bridgehead atoms. The van der Waals surface area contributed by atoms with E-state index in [9.17, 15) is 4.79 Å². The van der Waals surface area contributed by atoms with Crippen molar-refractivity contribution in [1.29, 1.82) is 0 Å². The minimum Gasteiger partial charge on any atom is -0.326 e. The van der Waals surface area contributed by atoms with E-state index in [0.717, 1.165) is 23.2 Å². The Morgan fingerprint density at radius 2 is 1.90 bits per heavy atom. The monoisotopic (exact) mass is 399 g/mol. The zero-order valence-corrected chi connectivity index (χ0v) is 14.0. The molecule has 0 saturated carbocycles. The van der Waals surface area contributed by atoms with Crippen molar-refractivity contribution in [1.82, 2.24) is 0 Å². The summed E-state index contributed by atoms with van der Waals surface area (Å²) >= 11 is 8.11. The molecule has 0 aliphatic heterocycles. The highest BCUT2D eigenvalue weighted by atomic mass is 127. The Kier molecular flexibility index (Phi) is 5.43. The van der Waals surface area contributed by atoms with Crippen molar-refractivity contribution in [2.75, 3.05) is 5.32 Å². The molecule has 4 heteroatoms. The summed E-state index contributed by atoms with van der Waals surface area (Å²) in [7, 11) is 0. The third kappa shape index (κ3) is 4.21. The van der Waals surface area contributed by atoms with E-state index in [1.165, 1.54) is 3.57 Å². The Bertz CT molecular complexity index is 610. The van der Waals surface area contributed by atoms with Gasteiger partial charge >= 0.3 is 0 Å². The maximum atomic E-state index is 12.1. The van der Waals surface area contributed by atoms with E-state index in [0.29, 0.717) is 11.4 Å². The molecule has 0 saturated heterocycles. The molecule has 0 spiro atoms. The fraction of sp³-hybridized carbons (Fsp3) is 0.188. The molecule has 2 rings (SSSR count). The summed E-state index contributed by atoms with van der Waals surface area (Å²) < 4.78 is 1.18. The van der Waals surface area contributed by atoms with Crippen LogP contribution in [0.5, 0.6) is 0 Å². The van der Waals surface area contributed by atoms with Crippen LogP contribution in [0.15, 0.2) is 42.5 Å². The SMILES string of the molecule is CCc1cc(I)ccc1NC(=O)Cc1ccc(Cl)cc1. The lowest BCUT2D eigenvalue weighted by Gasteiger charge is -2.10. The van der Waals surface area contributed by atoms with Gasteiger partial charge in [-0.1, -0.05) is 30.7 Å². The first-order chi connectivity index (χ1) is 9.58. The summed E-state index contributed by atoms with van der Waals surface area (Å²) in [6.45, 7) is 2.08. The lowest BCUT2D eigenvalue weighted by atomic mass is 10.1. The number of halogens is 2. The largest absolute Gasteiger partial charge is 0.326 e. The van der Waals surface area contributed by atoms with Gasteiger partial charge in [0.25, 0.3) is 0 Å². The molecule has 0 heterocycles. The van der Waals surface area contributed by atoms with Crippen LogP contribution in [-0.2, 0) is 17.6 Å². The maximum Gasteiger partial charge on any atom is 0.228 e. The Morgan fingerprint density at radius 3 is 2.55 bits per heavy atom. The fourth-order valence-electron chi connectivity index (χ4n) is 1.96. The van der Waals surface area contributed by atoms with E-state index in [2.05, 4.69) is 40.9 Å². The first kappa shape index (κ1) is 15.3. The molecule has 0 aliphatic carbocycles. The molecule has 1 N–H and O–H groups in total. The highest BCUT2D eigenvalue weighted by Gasteiger charge is 2.07. The van der Waals surface area contributed by atoms with E-state index in [4.69, 9.17) is 11.6 Å². The smallest absolute Gasteiger partial charge is 0.228 e. The van der Waals surface area contributed by atoms with Crippen LogP contribution in [0.25, 0.3) is 0 Å². The highest BCUT2D eigenvalue weighted by Crippen LogP contribution is 2.20. The number of carbonyl (C=O) groups is 1. The van der Waals surface area contributed by atoms with Gasteiger partial charge in [0.05, 0.1) is 6.42 Å². The van der Waals surface area contributed by atoms with Crippen molar-refractivity contribution < 1.29 is 4.79 Å². The zero-order valence-electron chi connectivity index (χ0n) is 11.1. The number of benzene rings is 2. The van der Waals surface area contributed by atoms with Crippen LogP contribution >= 0.6 is 34.2 Å². The average molecular weight is 400 g/mol. The van der Waals surface area contributed by atoms with Crippen LogP contribution < -0.4 is 5.32 Å². The molecule has 0 aromatic heterocycles. The molecule has 2 nitrogen and oxygen atoms in total. The van der Waals surface area contributed by atoms with Gasteiger partial charge in [0.1, 0.15) is 0 Å². The Labute approximate surface area is 137 Å². The molecule has 0 aliphatic rings. The maximum absolute atomic E-state index is 12.1. The standard InChI is InChI=1S/C16H15ClINO/c1-2-12-10-14(18)7-8-15(12)19-16(20)9-11-3-5-13(17)6-4-11/h3-8,10H,2,9H2,1H3,(H,19,20). The van der Waals surface area contributed by atoms with Gasteiger partial charge in [-0.15, -0.1) is 0 Å². The number of rotatable bonds is 4. The van der Waals surface area contributed by atoms with Gasteiger partial charge < -0.3 is 5.32 Å². The molecule has 2 aromatic carbocycles. The van der Waals surface area contributed by atoms with Crippen molar-refractivity contribution in [2.24, 2.45) is 0 Å². The number of hydrogen-bond acceptors (Lipinski definition) is 1. The van der Waals surface area contributed by atoms with E-state index in [-0.39, 0.29) is 5.91 Å². The molecule has 104 valence electrons. The first-order valence-corrected chi connectivity index (χ1v) is 7.87. The molecule has 2 aromatic rings. The minimum atomic E-state index is -0.0109. The van der Waals surface area contributed by atoms with Gasteiger partial charge in [0, 0.05) is 14.3 Å². The summed E-state index contributed by atoms with van der Waals surface area (Å²) in [4.78, 5) is 12.1. The average Bonchev–Trinajstić information content (AvgIpc) is 2.43. The second-order valence-electron chi connectivity index (χ2n) is 4.51. The van der Waals surface area contributed by atoms with Crippen LogP contribution in [0.1, 0.15) is 18.1 Å². The second-order valence-corrected chi connectivity index (χ2v) is 6.19. The quantitative estimate of drug-likeness (QED) is 0.743.